The number of hydrogen-bond acceptors (Lipinski definition) is 5. The Balaban J connectivity index is 2.17. The van der Waals surface area contributed by atoms with Crippen molar-refractivity contribution in [2.45, 2.75) is 11.6 Å². The molecule has 5 nitrogen and oxygen atoms in total. The van der Waals surface area contributed by atoms with Crippen LogP contribution in [0.4, 0.5) is 5.69 Å². The first-order chi connectivity index (χ1) is 8.09. The molecule has 0 saturated carbocycles. The Kier molecular flexibility index (Phi) is 3.41. The van der Waals surface area contributed by atoms with E-state index in [2.05, 4.69) is 9.71 Å². The van der Waals surface area contributed by atoms with Crippen molar-refractivity contribution in [3.05, 3.63) is 40.7 Å². The van der Waals surface area contributed by atoms with Crippen LogP contribution in [0.2, 0.25) is 0 Å². The summed E-state index contributed by atoms with van der Waals surface area (Å²) < 4.78 is 26.3. The molecule has 0 amide bonds. The second-order valence-electron chi connectivity index (χ2n) is 3.35. The summed E-state index contributed by atoms with van der Waals surface area (Å²) >= 11 is 1.51. The zero-order chi connectivity index (χ0) is 12.3. The van der Waals surface area contributed by atoms with Crippen molar-refractivity contribution >= 4 is 27.0 Å². The monoisotopic (exact) mass is 269 g/mol. The van der Waals surface area contributed by atoms with E-state index in [9.17, 15) is 8.42 Å². The number of aromatic nitrogens is 1. The maximum Gasteiger partial charge on any atom is 0.260 e. The molecular formula is C10H11N3O2S2. The van der Waals surface area contributed by atoms with Gasteiger partial charge in [0, 0.05) is 12.7 Å². The lowest BCUT2D eigenvalue weighted by molar-refractivity contribution is 0.578. The Morgan fingerprint density at radius 2 is 2.24 bits per heavy atom. The predicted molar refractivity (Wildman–Crippen MR) is 67.0 cm³/mol. The van der Waals surface area contributed by atoms with Gasteiger partial charge in [0.05, 0.1) is 5.69 Å². The van der Waals surface area contributed by atoms with Crippen LogP contribution in [0.3, 0.4) is 0 Å². The lowest BCUT2D eigenvalue weighted by atomic mass is 10.4. The number of nitrogen functional groups attached to an aromatic ring is 1. The van der Waals surface area contributed by atoms with Gasteiger partial charge in [0.2, 0.25) is 0 Å². The van der Waals surface area contributed by atoms with Crippen molar-refractivity contribution in [3.8, 4) is 0 Å². The molecule has 0 spiro atoms. The minimum Gasteiger partial charge on any atom is -0.396 e. The van der Waals surface area contributed by atoms with Crippen LogP contribution < -0.4 is 10.5 Å². The number of nitrogens with one attached hydrogen (secondary N) is 1. The van der Waals surface area contributed by atoms with Gasteiger partial charge in [-0.2, -0.15) is 11.3 Å². The molecule has 0 atom stereocenters. The summed E-state index contributed by atoms with van der Waals surface area (Å²) in [4.78, 5) is 3.78. The maximum absolute atomic E-state index is 11.9. The molecule has 17 heavy (non-hydrogen) atoms. The largest absolute Gasteiger partial charge is 0.396 e. The standard InChI is InChI=1S/C10H11N3O2S2/c11-9-2-1-4-12-10(9)17(14,15)13-6-8-3-5-16-7-8/h1-5,7,13H,6,11H2. The molecule has 0 aliphatic heterocycles. The average molecular weight is 269 g/mol. The molecule has 7 heteroatoms. The number of pyridine rings is 1. The van der Waals surface area contributed by atoms with Gasteiger partial charge in [-0.25, -0.2) is 18.1 Å². The molecule has 2 heterocycles. The third kappa shape index (κ3) is 2.82. The van der Waals surface area contributed by atoms with Crippen LogP contribution in [-0.4, -0.2) is 13.4 Å². The molecule has 2 aromatic heterocycles. The highest BCUT2D eigenvalue weighted by Crippen LogP contribution is 2.14. The van der Waals surface area contributed by atoms with Crippen LogP contribution in [0.5, 0.6) is 0 Å². The van der Waals surface area contributed by atoms with Crippen molar-refractivity contribution < 1.29 is 8.42 Å². The quantitative estimate of drug-likeness (QED) is 0.873. The lowest BCUT2D eigenvalue weighted by Crippen LogP contribution is -2.24. The van der Waals surface area contributed by atoms with Crippen LogP contribution in [-0.2, 0) is 16.6 Å². The zero-order valence-corrected chi connectivity index (χ0v) is 10.5. The van der Waals surface area contributed by atoms with Gasteiger partial charge in [-0.3, -0.25) is 0 Å². The van der Waals surface area contributed by atoms with Crippen LogP contribution >= 0.6 is 11.3 Å². The molecule has 0 aliphatic rings. The number of thiophene rings is 1. The first-order valence-corrected chi connectivity index (χ1v) is 7.23. The third-order valence-electron chi connectivity index (χ3n) is 2.10. The van der Waals surface area contributed by atoms with Crippen LogP contribution in [0.1, 0.15) is 5.56 Å². The molecule has 0 unspecified atom stereocenters. The number of sulfonamides is 1. The predicted octanol–water partition coefficient (Wildman–Crippen LogP) is 1.20. The first-order valence-electron chi connectivity index (χ1n) is 4.81. The Bertz CT molecular complexity index is 594. The normalized spacial score (nSPS) is 11.5. The Morgan fingerprint density at radius 1 is 1.41 bits per heavy atom. The van der Waals surface area contributed by atoms with E-state index in [4.69, 9.17) is 5.73 Å². The van der Waals surface area contributed by atoms with Crippen LogP contribution in [0.15, 0.2) is 40.2 Å². The van der Waals surface area contributed by atoms with Crippen molar-refractivity contribution in [3.63, 3.8) is 0 Å². The minimum atomic E-state index is -3.65. The van der Waals surface area contributed by atoms with E-state index >= 15 is 0 Å². The van der Waals surface area contributed by atoms with Gasteiger partial charge < -0.3 is 5.73 Å². The fourth-order valence-electron chi connectivity index (χ4n) is 1.27. The van der Waals surface area contributed by atoms with Gasteiger partial charge in [0.1, 0.15) is 0 Å². The topological polar surface area (TPSA) is 85.1 Å². The summed E-state index contributed by atoms with van der Waals surface area (Å²) in [5, 5.41) is 3.64. The molecule has 0 aromatic carbocycles. The number of rotatable bonds is 4. The van der Waals surface area contributed by atoms with E-state index in [1.807, 2.05) is 16.8 Å². The van der Waals surface area contributed by atoms with Gasteiger partial charge in [-0.05, 0) is 34.5 Å². The third-order valence-corrected chi connectivity index (χ3v) is 4.21. The van der Waals surface area contributed by atoms with E-state index in [1.54, 1.807) is 6.07 Å². The Hall–Kier alpha value is -1.44. The minimum absolute atomic E-state index is 0.129. The summed E-state index contributed by atoms with van der Waals surface area (Å²) in [5.74, 6) is 0. The summed E-state index contributed by atoms with van der Waals surface area (Å²) in [6, 6.07) is 4.95. The number of anilines is 1. The molecule has 2 rings (SSSR count). The average Bonchev–Trinajstić information content (AvgIpc) is 2.80. The van der Waals surface area contributed by atoms with Crippen LogP contribution in [0.25, 0.3) is 0 Å². The van der Waals surface area contributed by atoms with E-state index < -0.39 is 10.0 Å². The molecule has 90 valence electrons. The molecule has 2 aromatic rings. The van der Waals surface area contributed by atoms with Gasteiger partial charge in [0.15, 0.2) is 5.03 Å². The second-order valence-corrected chi connectivity index (χ2v) is 5.82. The molecule has 0 saturated heterocycles. The zero-order valence-electron chi connectivity index (χ0n) is 8.83. The number of nitrogens with zero attached hydrogens (tertiary/aromatic N) is 1. The lowest BCUT2D eigenvalue weighted by Gasteiger charge is -2.06. The number of hydrogen-bond donors (Lipinski definition) is 2. The van der Waals surface area contributed by atoms with Gasteiger partial charge >= 0.3 is 0 Å². The molecule has 3 N–H and O–H groups in total. The summed E-state index contributed by atoms with van der Waals surface area (Å²) in [5.41, 5.74) is 6.63. The van der Waals surface area contributed by atoms with Crippen molar-refractivity contribution in [2.75, 3.05) is 5.73 Å². The van der Waals surface area contributed by atoms with Gasteiger partial charge in [-0.1, -0.05) is 0 Å². The van der Waals surface area contributed by atoms with Gasteiger partial charge in [0.25, 0.3) is 10.0 Å². The Labute approximate surface area is 103 Å². The van der Waals surface area contributed by atoms with E-state index in [0.29, 0.717) is 0 Å². The van der Waals surface area contributed by atoms with Crippen LogP contribution in [0, 0.1) is 0 Å². The molecule has 0 bridgehead atoms. The second kappa shape index (κ2) is 4.82. The highest BCUT2D eigenvalue weighted by Gasteiger charge is 2.18. The van der Waals surface area contributed by atoms with E-state index in [0.717, 1.165) is 5.56 Å². The number of nitrogens with two attached hydrogens (primary N) is 1. The fourth-order valence-corrected chi connectivity index (χ4v) is 3.01. The summed E-state index contributed by atoms with van der Waals surface area (Å²) in [6.45, 7) is 0.238. The highest BCUT2D eigenvalue weighted by molar-refractivity contribution is 7.89. The first kappa shape index (κ1) is 12.0. The molecule has 0 radical (unpaired) electrons. The molecule has 0 aliphatic carbocycles. The van der Waals surface area contributed by atoms with E-state index in [1.165, 1.54) is 23.6 Å². The highest BCUT2D eigenvalue weighted by atomic mass is 32.2. The molecular weight excluding hydrogens is 258 g/mol. The smallest absolute Gasteiger partial charge is 0.260 e. The van der Waals surface area contributed by atoms with Crippen molar-refractivity contribution in [1.82, 2.24) is 9.71 Å². The van der Waals surface area contributed by atoms with E-state index in [-0.39, 0.29) is 17.3 Å². The fraction of sp³-hybridized carbons (Fsp3) is 0.100. The Morgan fingerprint density at radius 3 is 2.88 bits per heavy atom. The maximum atomic E-state index is 11.9. The SMILES string of the molecule is Nc1cccnc1S(=O)(=O)NCc1ccsc1. The van der Waals surface area contributed by atoms with Crippen molar-refractivity contribution in [1.29, 1.82) is 0 Å². The summed E-state index contributed by atoms with van der Waals surface area (Å²) in [7, 11) is -3.65. The van der Waals surface area contributed by atoms with Gasteiger partial charge in [-0.15, -0.1) is 0 Å². The van der Waals surface area contributed by atoms with Crippen molar-refractivity contribution in [2.24, 2.45) is 0 Å². The summed E-state index contributed by atoms with van der Waals surface area (Å²) in [6.07, 6.45) is 1.40. The molecule has 0 fully saturated rings.